The molecule has 1 fully saturated rings. The third-order valence-electron chi connectivity index (χ3n) is 6.16. The Labute approximate surface area is 198 Å². The van der Waals surface area contributed by atoms with E-state index in [0.29, 0.717) is 22.9 Å². The molecule has 6 nitrogen and oxygen atoms in total. The molecular formula is C24H27Cl2N3O3. The van der Waals surface area contributed by atoms with Crippen LogP contribution in [0.25, 0.3) is 22.2 Å². The number of rotatable bonds is 6. The lowest BCUT2D eigenvalue weighted by Crippen LogP contribution is -2.28. The van der Waals surface area contributed by atoms with Crippen molar-refractivity contribution in [1.82, 2.24) is 15.2 Å². The Morgan fingerprint density at radius 3 is 2.72 bits per heavy atom. The van der Waals surface area contributed by atoms with Crippen LogP contribution in [-0.4, -0.2) is 47.2 Å². The standard InChI is InChI=1S/C24H26ClN3O3.ClH/c25-23-18-13-26-24(30)22(18)17(12-21(23)31-9-8-29)20-11-16-10-15(4-5-19(16)27-20)14-28-6-2-1-3-7-28;/h4-5,10-12,27,29H,1-3,6-9,13-14H2,(H,26,30);1H. The molecule has 0 atom stereocenters. The second-order valence-electron chi connectivity index (χ2n) is 8.29. The number of amides is 1. The highest BCUT2D eigenvalue weighted by Gasteiger charge is 2.29. The van der Waals surface area contributed by atoms with E-state index in [1.807, 2.05) is 0 Å². The average molecular weight is 476 g/mol. The number of likely N-dealkylation sites (tertiary alicyclic amines) is 1. The molecule has 0 radical (unpaired) electrons. The Morgan fingerprint density at radius 1 is 1.12 bits per heavy atom. The SMILES string of the molecule is Cl.O=C1NCc2c(Cl)c(OCCO)cc(-c3cc4cc(CN5CCCCC5)ccc4[nH]3)c21. The van der Waals surface area contributed by atoms with Crippen molar-refractivity contribution < 1.29 is 14.6 Å². The Kier molecular flexibility index (Phi) is 6.96. The lowest BCUT2D eigenvalue weighted by molar-refractivity contribution is 0.0966. The number of piperidine rings is 1. The van der Waals surface area contributed by atoms with Crippen molar-refractivity contribution in [2.24, 2.45) is 0 Å². The van der Waals surface area contributed by atoms with Gasteiger partial charge in [-0.25, -0.2) is 0 Å². The van der Waals surface area contributed by atoms with Crippen molar-refractivity contribution in [2.75, 3.05) is 26.3 Å². The summed E-state index contributed by atoms with van der Waals surface area (Å²) < 4.78 is 5.65. The maximum Gasteiger partial charge on any atom is 0.252 e. The van der Waals surface area contributed by atoms with Crippen LogP contribution in [-0.2, 0) is 13.1 Å². The number of hydrogen-bond donors (Lipinski definition) is 3. The minimum absolute atomic E-state index is 0. The zero-order valence-electron chi connectivity index (χ0n) is 17.7. The second kappa shape index (κ2) is 9.71. The van der Waals surface area contributed by atoms with E-state index in [9.17, 15) is 4.79 Å². The smallest absolute Gasteiger partial charge is 0.252 e. The number of aliphatic hydroxyl groups is 1. The topological polar surface area (TPSA) is 77.6 Å². The fourth-order valence-electron chi connectivity index (χ4n) is 4.64. The van der Waals surface area contributed by atoms with Crippen molar-refractivity contribution in [1.29, 1.82) is 0 Å². The van der Waals surface area contributed by atoms with Gasteiger partial charge in [0.25, 0.3) is 5.91 Å². The van der Waals surface area contributed by atoms with Crippen molar-refractivity contribution >= 4 is 40.8 Å². The molecule has 5 rings (SSSR count). The van der Waals surface area contributed by atoms with Crippen LogP contribution in [0.2, 0.25) is 5.02 Å². The number of H-pyrrole nitrogens is 1. The summed E-state index contributed by atoms with van der Waals surface area (Å²) in [5, 5.41) is 13.5. The predicted octanol–water partition coefficient (Wildman–Crippen LogP) is 4.51. The molecular weight excluding hydrogens is 449 g/mol. The molecule has 3 heterocycles. The molecule has 0 aliphatic carbocycles. The van der Waals surface area contributed by atoms with Crippen molar-refractivity contribution in [3.05, 3.63) is 52.0 Å². The first-order valence-corrected chi connectivity index (χ1v) is 11.2. The average Bonchev–Trinajstić information content (AvgIpc) is 3.38. The highest BCUT2D eigenvalue weighted by molar-refractivity contribution is 6.34. The van der Waals surface area contributed by atoms with Crippen LogP contribution >= 0.6 is 24.0 Å². The Balaban J connectivity index is 0.00000245. The van der Waals surface area contributed by atoms with Crippen LogP contribution in [0.15, 0.2) is 30.3 Å². The fourth-order valence-corrected chi connectivity index (χ4v) is 4.91. The summed E-state index contributed by atoms with van der Waals surface area (Å²) in [6.45, 7) is 3.71. The molecule has 3 N–H and O–H groups in total. The molecule has 2 aromatic carbocycles. The van der Waals surface area contributed by atoms with Crippen LogP contribution in [0.4, 0.5) is 0 Å². The first kappa shape index (κ1) is 22.9. The third kappa shape index (κ3) is 4.33. The van der Waals surface area contributed by atoms with Gasteiger partial charge in [-0.05, 0) is 55.8 Å². The van der Waals surface area contributed by atoms with Gasteiger partial charge in [0.1, 0.15) is 12.4 Å². The molecule has 8 heteroatoms. The summed E-state index contributed by atoms with van der Waals surface area (Å²) in [5.74, 6) is 0.343. The number of halogens is 2. The van der Waals surface area contributed by atoms with E-state index in [1.165, 1.54) is 37.9 Å². The quantitative estimate of drug-likeness (QED) is 0.489. The maximum absolute atomic E-state index is 12.6. The molecule has 32 heavy (non-hydrogen) atoms. The Hall–Kier alpha value is -2.25. The van der Waals surface area contributed by atoms with Gasteiger partial charge in [-0.3, -0.25) is 9.69 Å². The van der Waals surface area contributed by atoms with Crippen LogP contribution in [0.5, 0.6) is 5.75 Å². The summed E-state index contributed by atoms with van der Waals surface area (Å²) in [4.78, 5) is 18.5. The second-order valence-corrected chi connectivity index (χ2v) is 8.66. The summed E-state index contributed by atoms with van der Waals surface area (Å²) in [6.07, 6.45) is 3.89. The van der Waals surface area contributed by atoms with Gasteiger partial charge >= 0.3 is 0 Å². The Morgan fingerprint density at radius 2 is 1.94 bits per heavy atom. The van der Waals surface area contributed by atoms with E-state index in [2.05, 4.69) is 39.5 Å². The summed E-state index contributed by atoms with van der Waals surface area (Å²) >= 11 is 6.49. The number of aromatic nitrogens is 1. The molecule has 1 aromatic heterocycles. The largest absolute Gasteiger partial charge is 0.490 e. The first-order chi connectivity index (χ1) is 15.1. The molecule has 170 valence electrons. The normalized spacial score (nSPS) is 16.0. The van der Waals surface area contributed by atoms with E-state index < -0.39 is 0 Å². The van der Waals surface area contributed by atoms with Crippen LogP contribution in [0.1, 0.15) is 40.7 Å². The number of hydrogen-bond acceptors (Lipinski definition) is 4. The van der Waals surface area contributed by atoms with E-state index >= 15 is 0 Å². The monoisotopic (exact) mass is 475 g/mol. The molecule has 1 saturated heterocycles. The summed E-state index contributed by atoms with van der Waals surface area (Å²) in [7, 11) is 0. The minimum atomic E-state index is -0.134. The fraction of sp³-hybridized carbons (Fsp3) is 0.375. The highest BCUT2D eigenvalue weighted by atomic mass is 35.5. The van der Waals surface area contributed by atoms with Gasteiger partial charge in [0.2, 0.25) is 0 Å². The summed E-state index contributed by atoms with van der Waals surface area (Å²) in [5.41, 5.74) is 5.26. The number of nitrogens with one attached hydrogen (secondary N) is 2. The van der Waals surface area contributed by atoms with Crippen LogP contribution in [0, 0.1) is 0 Å². The van der Waals surface area contributed by atoms with Gasteiger partial charge in [-0.1, -0.05) is 24.1 Å². The van der Waals surface area contributed by atoms with Gasteiger partial charge in [0.05, 0.1) is 17.2 Å². The van der Waals surface area contributed by atoms with Gasteiger partial charge in [-0.15, -0.1) is 12.4 Å². The Bertz CT molecular complexity index is 1140. The first-order valence-electron chi connectivity index (χ1n) is 10.9. The number of nitrogens with zero attached hydrogens (tertiary/aromatic N) is 1. The lowest BCUT2D eigenvalue weighted by Gasteiger charge is -2.26. The van der Waals surface area contributed by atoms with E-state index in [4.69, 9.17) is 21.4 Å². The number of benzene rings is 2. The molecule has 0 saturated carbocycles. The van der Waals surface area contributed by atoms with Gasteiger partial charge in [0, 0.05) is 40.8 Å². The minimum Gasteiger partial charge on any atom is -0.490 e. The molecule has 0 unspecified atom stereocenters. The van der Waals surface area contributed by atoms with Gasteiger partial charge in [0.15, 0.2) is 0 Å². The molecule has 3 aromatic rings. The number of carbonyl (C=O) groups is 1. The summed E-state index contributed by atoms with van der Waals surface area (Å²) in [6, 6.07) is 10.4. The van der Waals surface area contributed by atoms with Crippen molar-refractivity contribution in [3.63, 3.8) is 0 Å². The molecule has 2 aliphatic rings. The number of aliphatic hydroxyl groups excluding tert-OH is 1. The zero-order valence-corrected chi connectivity index (χ0v) is 19.3. The maximum atomic E-state index is 12.6. The van der Waals surface area contributed by atoms with Crippen LogP contribution < -0.4 is 10.1 Å². The molecule has 0 bridgehead atoms. The van der Waals surface area contributed by atoms with Crippen LogP contribution in [0.3, 0.4) is 0 Å². The molecule has 0 spiro atoms. The van der Waals surface area contributed by atoms with E-state index in [-0.39, 0.29) is 31.5 Å². The van der Waals surface area contributed by atoms with E-state index in [0.717, 1.165) is 34.3 Å². The molecule has 1 amide bonds. The van der Waals surface area contributed by atoms with Crippen molar-refractivity contribution in [2.45, 2.75) is 32.4 Å². The number of aromatic amines is 1. The van der Waals surface area contributed by atoms with Gasteiger partial charge in [-0.2, -0.15) is 0 Å². The predicted molar refractivity (Wildman–Crippen MR) is 129 cm³/mol. The zero-order chi connectivity index (χ0) is 21.4. The highest BCUT2D eigenvalue weighted by Crippen LogP contribution is 2.40. The number of fused-ring (bicyclic) bond motifs is 2. The molecule has 2 aliphatic heterocycles. The van der Waals surface area contributed by atoms with Gasteiger partial charge < -0.3 is 20.1 Å². The lowest BCUT2D eigenvalue weighted by atomic mass is 9.99. The third-order valence-corrected chi connectivity index (χ3v) is 6.57. The van der Waals surface area contributed by atoms with Crippen molar-refractivity contribution in [3.8, 4) is 17.0 Å². The van der Waals surface area contributed by atoms with E-state index in [1.54, 1.807) is 6.07 Å². The number of ether oxygens (including phenoxy) is 1. The number of carbonyl (C=O) groups excluding carboxylic acids is 1.